The summed E-state index contributed by atoms with van der Waals surface area (Å²) >= 11 is 9.53. The molecular formula is C14H15Cl2NO3PdS. The number of hydrogen-bond donors (Lipinski definition) is 1. The summed E-state index contributed by atoms with van der Waals surface area (Å²) in [6.07, 6.45) is 0.604. The van der Waals surface area contributed by atoms with Crippen LogP contribution in [0.4, 0.5) is 5.69 Å². The maximum atomic E-state index is 9.08. The Morgan fingerprint density at radius 1 is 1.14 bits per heavy atom. The number of hydrogen-bond acceptors (Lipinski definition) is 4. The van der Waals surface area contributed by atoms with Gasteiger partial charge in [-0.3, -0.25) is 0 Å². The van der Waals surface area contributed by atoms with Crippen LogP contribution in [0.3, 0.4) is 0 Å². The number of halogens is 2. The number of anilines is 1. The van der Waals surface area contributed by atoms with Gasteiger partial charge in [-0.1, -0.05) is 23.8 Å². The first-order chi connectivity index (χ1) is 9.79. The molecule has 0 aliphatic carbocycles. The minimum absolute atomic E-state index is 0. The maximum absolute atomic E-state index is 9.08. The average molecular weight is 455 g/mol. The van der Waals surface area contributed by atoms with E-state index in [1.54, 1.807) is 0 Å². The molecule has 0 atom stereocenters. The Morgan fingerprint density at radius 2 is 1.59 bits per heavy atom. The molecule has 0 unspecified atom stereocenters. The van der Waals surface area contributed by atoms with Gasteiger partial charge in [-0.05, 0) is 11.8 Å². The SMILES string of the molecule is CS(=O)(=O)[O-].ClCCl.Nc1ccccc1-c1[c-]cccc1.[Pd+2]. The zero-order chi connectivity index (χ0) is 16.3. The molecule has 0 saturated heterocycles. The molecule has 2 rings (SSSR count). The molecule has 0 aliphatic rings. The molecule has 124 valence electrons. The van der Waals surface area contributed by atoms with E-state index < -0.39 is 10.1 Å². The van der Waals surface area contributed by atoms with Crippen LogP contribution in [-0.4, -0.2) is 24.6 Å². The van der Waals surface area contributed by atoms with Crippen molar-refractivity contribution in [2.75, 3.05) is 17.3 Å². The molecule has 4 nitrogen and oxygen atoms in total. The molecule has 0 saturated carbocycles. The van der Waals surface area contributed by atoms with E-state index >= 15 is 0 Å². The zero-order valence-electron chi connectivity index (χ0n) is 11.6. The first-order valence-electron chi connectivity index (χ1n) is 5.64. The van der Waals surface area contributed by atoms with Crippen LogP contribution in [0, 0.1) is 6.07 Å². The van der Waals surface area contributed by atoms with E-state index in [1.807, 2.05) is 48.5 Å². The summed E-state index contributed by atoms with van der Waals surface area (Å²) in [5, 5.41) is 0.194. The van der Waals surface area contributed by atoms with E-state index in [2.05, 4.69) is 6.07 Å². The van der Waals surface area contributed by atoms with Crippen molar-refractivity contribution in [3.8, 4) is 11.1 Å². The molecule has 0 fully saturated rings. The van der Waals surface area contributed by atoms with Crippen molar-refractivity contribution in [1.29, 1.82) is 0 Å². The van der Waals surface area contributed by atoms with Crippen molar-refractivity contribution in [2.45, 2.75) is 0 Å². The quantitative estimate of drug-likeness (QED) is 0.236. The fraction of sp³-hybridized carbons (Fsp3) is 0.143. The van der Waals surface area contributed by atoms with Crippen LogP contribution >= 0.6 is 23.2 Å². The van der Waals surface area contributed by atoms with Crippen molar-refractivity contribution in [3.05, 3.63) is 54.6 Å². The summed E-state index contributed by atoms with van der Waals surface area (Å²) < 4.78 is 27.2. The number of alkyl halides is 2. The summed E-state index contributed by atoms with van der Waals surface area (Å²) in [6, 6.07) is 18.8. The number of para-hydroxylation sites is 1. The van der Waals surface area contributed by atoms with E-state index in [1.165, 1.54) is 0 Å². The molecule has 0 amide bonds. The third-order valence-electron chi connectivity index (χ3n) is 1.96. The van der Waals surface area contributed by atoms with Gasteiger partial charge in [0.1, 0.15) is 0 Å². The minimum Gasteiger partial charge on any atom is -0.748 e. The van der Waals surface area contributed by atoms with Gasteiger partial charge in [-0.2, -0.15) is 0 Å². The molecule has 2 aromatic rings. The van der Waals surface area contributed by atoms with Crippen LogP contribution < -0.4 is 5.73 Å². The van der Waals surface area contributed by atoms with Crippen LogP contribution in [0.5, 0.6) is 0 Å². The molecular weight excluding hydrogens is 440 g/mol. The normalized spacial score (nSPS) is 9.27. The number of benzene rings is 2. The molecule has 0 radical (unpaired) electrons. The van der Waals surface area contributed by atoms with Gasteiger partial charge in [-0.15, -0.1) is 59.1 Å². The Balaban J connectivity index is 0. The second kappa shape index (κ2) is 12.9. The Bertz CT molecular complexity index is 617. The van der Waals surface area contributed by atoms with Gasteiger partial charge in [0.05, 0.1) is 15.5 Å². The minimum atomic E-state index is -3.92. The second-order valence-corrected chi connectivity index (χ2v) is 5.89. The maximum Gasteiger partial charge on any atom is 2.00 e. The van der Waals surface area contributed by atoms with Crippen molar-refractivity contribution in [3.63, 3.8) is 0 Å². The van der Waals surface area contributed by atoms with Crippen LogP contribution in [-0.2, 0) is 30.5 Å². The Kier molecular flexibility index (Phi) is 13.9. The molecule has 0 aromatic heterocycles. The number of nitrogen functional groups attached to an aromatic ring is 1. The number of nitrogens with two attached hydrogens (primary N) is 1. The van der Waals surface area contributed by atoms with Crippen LogP contribution in [0.1, 0.15) is 0 Å². The summed E-state index contributed by atoms with van der Waals surface area (Å²) in [5.41, 5.74) is 8.72. The molecule has 2 aromatic carbocycles. The summed E-state index contributed by atoms with van der Waals surface area (Å²) in [6.45, 7) is 0. The molecule has 0 aliphatic heterocycles. The van der Waals surface area contributed by atoms with E-state index in [0.717, 1.165) is 16.8 Å². The van der Waals surface area contributed by atoms with Gasteiger partial charge >= 0.3 is 20.4 Å². The Morgan fingerprint density at radius 3 is 2.00 bits per heavy atom. The van der Waals surface area contributed by atoms with Crippen LogP contribution in [0.25, 0.3) is 11.1 Å². The van der Waals surface area contributed by atoms with Crippen molar-refractivity contribution >= 4 is 39.0 Å². The van der Waals surface area contributed by atoms with E-state index in [9.17, 15) is 0 Å². The van der Waals surface area contributed by atoms with Gasteiger partial charge in [0.2, 0.25) is 0 Å². The van der Waals surface area contributed by atoms with E-state index in [0.29, 0.717) is 6.26 Å². The van der Waals surface area contributed by atoms with Crippen molar-refractivity contribution in [1.82, 2.24) is 0 Å². The van der Waals surface area contributed by atoms with Crippen molar-refractivity contribution < 1.29 is 33.4 Å². The molecule has 8 heteroatoms. The molecule has 0 heterocycles. The first-order valence-corrected chi connectivity index (χ1v) is 8.52. The smallest absolute Gasteiger partial charge is 0.748 e. The van der Waals surface area contributed by atoms with Crippen LogP contribution in [0.2, 0.25) is 0 Å². The van der Waals surface area contributed by atoms with Crippen LogP contribution in [0.15, 0.2) is 48.5 Å². The Labute approximate surface area is 155 Å². The summed E-state index contributed by atoms with van der Waals surface area (Å²) in [7, 11) is -3.92. The monoisotopic (exact) mass is 453 g/mol. The average Bonchev–Trinajstić information content (AvgIpc) is 2.39. The Hall–Kier alpha value is -0.608. The van der Waals surface area contributed by atoms with Crippen molar-refractivity contribution in [2.24, 2.45) is 0 Å². The fourth-order valence-corrected chi connectivity index (χ4v) is 1.30. The molecule has 2 N–H and O–H groups in total. The summed E-state index contributed by atoms with van der Waals surface area (Å²) in [4.78, 5) is 0. The van der Waals surface area contributed by atoms with Gasteiger partial charge < -0.3 is 10.3 Å². The first kappa shape index (κ1) is 23.7. The fourth-order valence-electron chi connectivity index (χ4n) is 1.30. The molecule has 0 bridgehead atoms. The topological polar surface area (TPSA) is 83.2 Å². The molecule has 22 heavy (non-hydrogen) atoms. The second-order valence-electron chi connectivity index (χ2n) is 3.67. The van der Waals surface area contributed by atoms with E-state index in [-0.39, 0.29) is 25.8 Å². The predicted molar refractivity (Wildman–Crippen MR) is 87.3 cm³/mol. The van der Waals surface area contributed by atoms with E-state index in [4.69, 9.17) is 41.9 Å². The van der Waals surface area contributed by atoms with Gasteiger partial charge in [-0.25, -0.2) is 8.42 Å². The third-order valence-corrected chi connectivity index (χ3v) is 1.96. The third kappa shape index (κ3) is 13.1. The van der Waals surface area contributed by atoms with Gasteiger partial charge in [0.15, 0.2) is 0 Å². The van der Waals surface area contributed by atoms with Gasteiger partial charge in [0.25, 0.3) is 0 Å². The van der Waals surface area contributed by atoms with Gasteiger partial charge in [0, 0.05) is 6.26 Å². The standard InChI is InChI=1S/C12H10N.CH2Cl2.CH4O3S.Pd/c13-12-9-5-4-8-11(12)10-6-2-1-3-7-10;2-1-3;1-5(2,3)4;/h1-6,8-9H,13H2;1H2;1H3,(H,2,3,4);/q-1;;;+2/p-1. The zero-order valence-corrected chi connectivity index (χ0v) is 15.5. The molecule has 0 spiro atoms. The number of rotatable bonds is 1. The largest absolute Gasteiger partial charge is 2.00 e. The summed E-state index contributed by atoms with van der Waals surface area (Å²) in [5.74, 6) is 0. The predicted octanol–water partition coefficient (Wildman–Crippen LogP) is 3.32.